The maximum atomic E-state index is 4.35. The summed E-state index contributed by atoms with van der Waals surface area (Å²) < 4.78 is 0. The highest BCUT2D eigenvalue weighted by atomic mass is 14.9. The molecule has 0 amide bonds. The average molecular weight is 211 g/mol. The van der Waals surface area contributed by atoms with Crippen molar-refractivity contribution in [3.05, 3.63) is 36.7 Å². The number of nitrogens with zero attached hydrogens (tertiary/aromatic N) is 4. The van der Waals surface area contributed by atoms with Crippen LogP contribution in [0.25, 0.3) is 22.4 Å². The van der Waals surface area contributed by atoms with Crippen LogP contribution in [-0.4, -0.2) is 24.9 Å². The molecule has 0 unspecified atom stereocenters. The lowest BCUT2D eigenvalue weighted by atomic mass is 10.2. The minimum atomic E-state index is 0.717. The summed E-state index contributed by atoms with van der Waals surface area (Å²) in [6, 6.07) is 3.85. The Balaban J connectivity index is 2.18. The molecule has 5 nitrogen and oxygen atoms in total. The van der Waals surface area contributed by atoms with Crippen molar-refractivity contribution in [3.63, 3.8) is 0 Å². The van der Waals surface area contributed by atoms with Crippen LogP contribution >= 0.6 is 0 Å². The van der Waals surface area contributed by atoms with Gasteiger partial charge in [-0.25, -0.2) is 19.9 Å². The summed E-state index contributed by atoms with van der Waals surface area (Å²) >= 11 is 0. The Labute approximate surface area is 91.6 Å². The van der Waals surface area contributed by atoms with Gasteiger partial charge in [0.05, 0.1) is 17.5 Å². The Bertz CT molecular complexity index is 643. The smallest absolute Gasteiger partial charge is 0.177 e. The molecule has 0 fully saturated rings. The number of fused-ring (bicyclic) bond motifs is 1. The molecule has 1 N–H and O–H groups in total. The quantitative estimate of drug-likeness (QED) is 0.665. The highest BCUT2D eigenvalue weighted by molar-refractivity contribution is 5.76. The summed E-state index contributed by atoms with van der Waals surface area (Å²) in [4.78, 5) is 19.8. The highest BCUT2D eigenvalue weighted by Crippen LogP contribution is 2.18. The van der Waals surface area contributed by atoms with Crippen LogP contribution in [0.5, 0.6) is 0 Å². The van der Waals surface area contributed by atoms with Crippen LogP contribution in [0.15, 0.2) is 30.9 Å². The summed E-state index contributed by atoms with van der Waals surface area (Å²) in [7, 11) is 0. The Morgan fingerprint density at radius 3 is 3.00 bits per heavy atom. The van der Waals surface area contributed by atoms with E-state index in [0.29, 0.717) is 0 Å². The Kier molecular flexibility index (Phi) is 1.89. The summed E-state index contributed by atoms with van der Waals surface area (Å²) in [5.41, 5.74) is 3.46. The number of pyridine rings is 1. The molecule has 0 atom stereocenters. The van der Waals surface area contributed by atoms with Crippen molar-refractivity contribution in [2.75, 3.05) is 0 Å². The molecule has 3 aromatic heterocycles. The van der Waals surface area contributed by atoms with Crippen molar-refractivity contribution in [2.24, 2.45) is 0 Å². The number of hydrogen-bond acceptors (Lipinski definition) is 4. The number of aromatic amines is 1. The fourth-order valence-corrected chi connectivity index (χ4v) is 1.59. The number of aromatic nitrogens is 5. The molecule has 16 heavy (non-hydrogen) atoms. The molecule has 3 aromatic rings. The molecule has 78 valence electrons. The second kappa shape index (κ2) is 3.37. The van der Waals surface area contributed by atoms with Crippen LogP contribution in [0.3, 0.4) is 0 Å². The molecule has 0 spiro atoms. The Hall–Kier alpha value is -2.30. The second-order valence-electron chi connectivity index (χ2n) is 3.49. The van der Waals surface area contributed by atoms with Crippen LogP contribution in [0, 0.1) is 6.92 Å². The van der Waals surface area contributed by atoms with E-state index in [1.807, 2.05) is 19.1 Å². The van der Waals surface area contributed by atoms with Crippen molar-refractivity contribution >= 4 is 11.2 Å². The first-order valence-electron chi connectivity index (χ1n) is 4.92. The number of imidazole rings is 1. The monoisotopic (exact) mass is 211 g/mol. The summed E-state index contributed by atoms with van der Waals surface area (Å²) in [6.45, 7) is 1.87. The van der Waals surface area contributed by atoms with Gasteiger partial charge in [0.15, 0.2) is 5.65 Å². The van der Waals surface area contributed by atoms with Crippen molar-refractivity contribution in [3.8, 4) is 11.3 Å². The van der Waals surface area contributed by atoms with Crippen LogP contribution in [0.1, 0.15) is 5.82 Å². The molecule has 0 saturated carbocycles. The first-order valence-corrected chi connectivity index (χ1v) is 4.92. The van der Waals surface area contributed by atoms with Gasteiger partial charge in [0.2, 0.25) is 0 Å². The van der Waals surface area contributed by atoms with Crippen molar-refractivity contribution < 1.29 is 0 Å². The van der Waals surface area contributed by atoms with Gasteiger partial charge in [0, 0.05) is 18.0 Å². The molecular weight excluding hydrogens is 202 g/mol. The van der Waals surface area contributed by atoms with Gasteiger partial charge in [-0.1, -0.05) is 0 Å². The molecule has 0 radical (unpaired) electrons. The maximum Gasteiger partial charge on any atom is 0.177 e. The molecule has 0 aliphatic carbocycles. The molecule has 5 heteroatoms. The number of aryl methyl sites for hydroxylation is 1. The number of nitrogens with one attached hydrogen (secondary N) is 1. The van der Waals surface area contributed by atoms with E-state index >= 15 is 0 Å². The van der Waals surface area contributed by atoms with E-state index < -0.39 is 0 Å². The van der Waals surface area contributed by atoms with E-state index in [9.17, 15) is 0 Å². The molecule has 3 rings (SSSR count). The molecular formula is C11H9N5. The predicted molar refractivity (Wildman–Crippen MR) is 59.7 cm³/mol. The largest absolute Gasteiger partial charge is 0.343 e. The Morgan fingerprint density at radius 1 is 1.19 bits per heavy atom. The van der Waals surface area contributed by atoms with E-state index in [4.69, 9.17) is 0 Å². The lowest BCUT2D eigenvalue weighted by Gasteiger charge is -2.00. The zero-order chi connectivity index (χ0) is 11.0. The van der Waals surface area contributed by atoms with Gasteiger partial charge >= 0.3 is 0 Å². The SMILES string of the molecule is Cc1nccc(-c2cnc3nc[nH]c3c2)n1. The zero-order valence-corrected chi connectivity index (χ0v) is 8.68. The third-order valence-electron chi connectivity index (χ3n) is 2.35. The fraction of sp³-hybridized carbons (Fsp3) is 0.0909. The number of H-pyrrole nitrogens is 1. The van der Waals surface area contributed by atoms with E-state index in [0.717, 1.165) is 28.2 Å². The first-order chi connectivity index (χ1) is 7.83. The zero-order valence-electron chi connectivity index (χ0n) is 8.68. The first kappa shape index (κ1) is 8.96. The van der Waals surface area contributed by atoms with Gasteiger partial charge in [-0.3, -0.25) is 0 Å². The van der Waals surface area contributed by atoms with Crippen LogP contribution in [-0.2, 0) is 0 Å². The minimum absolute atomic E-state index is 0.717. The summed E-state index contributed by atoms with van der Waals surface area (Å²) in [5, 5.41) is 0. The third kappa shape index (κ3) is 1.42. The van der Waals surface area contributed by atoms with Crippen molar-refractivity contribution in [1.29, 1.82) is 0 Å². The van der Waals surface area contributed by atoms with Gasteiger partial charge < -0.3 is 4.98 Å². The normalized spacial score (nSPS) is 10.8. The highest BCUT2D eigenvalue weighted by Gasteiger charge is 2.03. The van der Waals surface area contributed by atoms with Crippen molar-refractivity contribution in [1.82, 2.24) is 24.9 Å². The van der Waals surface area contributed by atoms with Crippen LogP contribution < -0.4 is 0 Å². The summed E-state index contributed by atoms with van der Waals surface area (Å²) in [5.74, 6) is 0.752. The van der Waals surface area contributed by atoms with E-state index in [-0.39, 0.29) is 0 Å². The van der Waals surface area contributed by atoms with E-state index in [1.165, 1.54) is 0 Å². The average Bonchev–Trinajstić information content (AvgIpc) is 2.75. The predicted octanol–water partition coefficient (Wildman–Crippen LogP) is 1.72. The molecule has 0 aliphatic rings. The Morgan fingerprint density at radius 2 is 2.12 bits per heavy atom. The fourth-order valence-electron chi connectivity index (χ4n) is 1.59. The molecule has 3 heterocycles. The standard InChI is InChI=1S/C11H9N5/c1-7-12-3-2-9(16-7)8-4-10-11(13-5-8)15-6-14-10/h2-6H,1H3,(H,13,14,15). The topological polar surface area (TPSA) is 67.3 Å². The van der Waals surface area contributed by atoms with Crippen molar-refractivity contribution in [2.45, 2.75) is 6.92 Å². The second-order valence-corrected chi connectivity index (χ2v) is 3.49. The van der Waals surface area contributed by atoms with Crippen LogP contribution in [0.2, 0.25) is 0 Å². The van der Waals surface area contributed by atoms with E-state index in [2.05, 4.69) is 24.9 Å². The van der Waals surface area contributed by atoms with Crippen LogP contribution in [0.4, 0.5) is 0 Å². The minimum Gasteiger partial charge on any atom is -0.343 e. The lowest BCUT2D eigenvalue weighted by Crippen LogP contribution is -1.90. The number of hydrogen-bond donors (Lipinski definition) is 1. The molecule has 0 aromatic carbocycles. The molecule has 0 bridgehead atoms. The van der Waals surface area contributed by atoms with Gasteiger partial charge in [-0.2, -0.15) is 0 Å². The summed E-state index contributed by atoms with van der Waals surface area (Å²) in [6.07, 6.45) is 5.15. The van der Waals surface area contributed by atoms with E-state index in [1.54, 1.807) is 18.7 Å². The third-order valence-corrected chi connectivity index (χ3v) is 2.35. The van der Waals surface area contributed by atoms with Gasteiger partial charge in [0.25, 0.3) is 0 Å². The van der Waals surface area contributed by atoms with Gasteiger partial charge in [-0.15, -0.1) is 0 Å². The molecule has 0 aliphatic heterocycles. The van der Waals surface area contributed by atoms with Gasteiger partial charge in [0.1, 0.15) is 5.82 Å². The maximum absolute atomic E-state index is 4.35. The van der Waals surface area contributed by atoms with Gasteiger partial charge in [-0.05, 0) is 19.1 Å². The number of rotatable bonds is 1. The lowest BCUT2D eigenvalue weighted by molar-refractivity contribution is 1.06. The molecule has 0 saturated heterocycles.